The number of esters is 1. The predicted octanol–water partition coefficient (Wildman–Crippen LogP) is 2.70. The van der Waals surface area contributed by atoms with Crippen LogP contribution in [0.5, 0.6) is 0 Å². The summed E-state index contributed by atoms with van der Waals surface area (Å²) in [5, 5.41) is 0. The minimum Gasteiger partial charge on any atom is -0.462 e. The van der Waals surface area contributed by atoms with Gasteiger partial charge in [-0.15, -0.1) is 0 Å². The van der Waals surface area contributed by atoms with Gasteiger partial charge < -0.3 is 14.2 Å². The number of methoxy groups -OCH3 is 2. The molecule has 1 saturated heterocycles. The molecule has 0 radical (unpaired) electrons. The van der Waals surface area contributed by atoms with E-state index in [0.29, 0.717) is 6.42 Å². The molecule has 1 aliphatic heterocycles. The standard InChI is InChI=1S/C15H27NO5/c1-5-7-13(21-11(2)17)10-12-8-6-9-14(19-3)16(12)15(18)20-4/h12-14H,5-10H2,1-4H3/t12-,13+,14-/m1/s1. The fourth-order valence-corrected chi connectivity index (χ4v) is 2.96. The lowest BCUT2D eigenvalue weighted by Crippen LogP contribution is -2.52. The van der Waals surface area contributed by atoms with Crippen LogP contribution in [0.15, 0.2) is 0 Å². The van der Waals surface area contributed by atoms with Gasteiger partial charge >= 0.3 is 12.1 Å². The van der Waals surface area contributed by atoms with Crippen LogP contribution >= 0.6 is 0 Å². The lowest BCUT2D eigenvalue weighted by molar-refractivity contribution is -0.148. The molecular formula is C15H27NO5. The van der Waals surface area contributed by atoms with E-state index in [-0.39, 0.29) is 30.4 Å². The first-order valence-corrected chi connectivity index (χ1v) is 7.59. The third kappa shape index (κ3) is 5.19. The van der Waals surface area contributed by atoms with Crippen LogP contribution in [-0.4, -0.2) is 49.6 Å². The molecule has 21 heavy (non-hydrogen) atoms. The molecule has 1 amide bonds. The maximum absolute atomic E-state index is 12.0. The molecule has 1 fully saturated rings. The van der Waals surface area contributed by atoms with Gasteiger partial charge in [-0.1, -0.05) is 13.3 Å². The van der Waals surface area contributed by atoms with Gasteiger partial charge in [0.25, 0.3) is 0 Å². The highest BCUT2D eigenvalue weighted by Crippen LogP contribution is 2.28. The second-order valence-electron chi connectivity index (χ2n) is 5.41. The van der Waals surface area contributed by atoms with Crippen LogP contribution in [0.3, 0.4) is 0 Å². The van der Waals surface area contributed by atoms with Gasteiger partial charge in [0.15, 0.2) is 0 Å². The summed E-state index contributed by atoms with van der Waals surface area (Å²) in [6, 6.07) is -0.0213. The highest BCUT2D eigenvalue weighted by Gasteiger charge is 2.36. The molecule has 0 aromatic heterocycles. The first-order valence-electron chi connectivity index (χ1n) is 7.59. The molecule has 0 aromatic rings. The molecule has 122 valence electrons. The van der Waals surface area contributed by atoms with Crippen molar-refractivity contribution < 1.29 is 23.8 Å². The molecule has 3 atom stereocenters. The Morgan fingerprint density at radius 1 is 1.29 bits per heavy atom. The Morgan fingerprint density at radius 2 is 2.00 bits per heavy atom. The first-order chi connectivity index (χ1) is 10.0. The number of rotatable bonds is 6. The van der Waals surface area contributed by atoms with E-state index in [2.05, 4.69) is 0 Å². The van der Waals surface area contributed by atoms with E-state index in [4.69, 9.17) is 14.2 Å². The number of nitrogens with zero attached hydrogens (tertiary/aromatic N) is 1. The molecule has 0 aliphatic carbocycles. The summed E-state index contributed by atoms with van der Waals surface area (Å²) in [6.45, 7) is 3.47. The Kier molecular flexibility index (Phi) is 7.50. The molecule has 0 aromatic carbocycles. The minimum absolute atomic E-state index is 0.0213. The van der Waals surface area contributed by atoms with Crippen molar-refractivity contribution in [2.75, 3.05) is 14.2 Å². The summed E-state index contributed by atoms with van der Waals surface area (Å²) in [5.41, 5.74) is 0. The molecule has 1 aliphatic rings. The quantitative estimate of drug-likeness (QED) is 0.706. The second-order valence-corrected chi connectivity index (χ2v) is 5.41. The molecule has 6 nitrogen and oxygen atoms in total. The van der Waals surface area contributed by atoms with Crippen LogP contribution in [-0.2, 0) is 19.0 Å². The SMILES string of the molecule is CCC[C@@H](C[C@H]1CCC[C@@H](OC)N1C(=O)OC)OC(C)=O. The summed E-state index contributed by atoms with van der Waals surface area (Å²) in [6.07, 6.45) is 4.18. The Balaban J connectivity index is 2.79. The van der Waals surface area contributed by atoms with Crippen molar-refractivity contribution in [3.63, 3.8) is 0 Å². The Hall–Kier alpha value is -1.30. The Morgan fingerprint density at radius 3 is 2.52 bits per heavy atom. The van der Waals surface area contributed by atoms with Crippen LogP contribution < -0.4 is 0 Å². The van der Waals surface area contributed by atoms with Crippen LogP contribution in [0.2, 0.25) is 0 Å². The van der Waals surface area contributed by atoms with Gasteiger partial charge in [-0.05, 0) is 25.7 Å². The number of amides is 1. The summed E-state index contributed by atoms with van der Waals surface area (Å²) in [4.78, 5) is 24.9. The van der Waals surface area contributed by atoms with E-state index in [1.807, 2.05) is 6.92 Å². The number of carbonyl (C=O) groups is 2. The third-order valence-corrected chi connectivity index (χ3v) is 3.83. The number of piperidine rings is 1. The van der Waals surface area contributed by atoms with Crippen molar-refractivity contribution in [2.24, 2.45) is 0 Å². The van der Waals surface area contributed by atoms with Crippen molar-refractivity contribution in [1.29, 1.82) is 0 Å². The summed E-state index contributed by atoms with van der Waals surface area (Å²) in [7, 11) is 2.97. The van der Waals surface area contributed by atoms with Gasteiger partial charge in [0.1, 0.15) is 12.3 Å². The lowest BCUT2D eigenvalue weighted by Gasteiger charge is -2.41. The van der Waals surface area contributed by atoms with E-state index < -0.39 is 0 Å². The fourth-order valence-electron chi connectivity index (χ4n) is 2.96. The predicted molar refractivity (Wildman–Crippen MR) is 77.8 cm³/mol. The number of likely N-dealkylation sites (tertiary alicyclic amines) is 1. The summed E-state index contributed by atoms with van der Waals surface area (Å²) >= 11 is 0. The summed E-state index contributed by atoms with van der Waals surface area (Å²) in [5.74, 6) is -0.280. The van der Waals surface area contributed by atoms with Crippen molar-refractivity contribution in [2.45, 2.75) is 70.7 Å². The van der Waals surface area contributed by atoms with E-state index in [9.17, 15) is 9.59 Å². The van der Waals surface area contributed by atoms with Gasteiger partial charge in [-0.3, -0.25) is 9.69 Å². The second kappa shape index (κ2) is 8.87. The van der Waals surface area contributed by atoms with Gasteiger partial charge in [-0.25, -0.2) is 4.79 Å². The fraction of sp³-hybridized carbons (Fsp3) is 0.867. The van der Waals surface area contributed by atoms with Crippen molar-refractivity contribution >= 4 is 12.1 Å². The van der Waals surface area contributed by atoms with Crippen molar-refractivity contribution in [3.05, 3.63) is 0 Å². The van der Waals surface area contributed by atoms with Crippen molar-refractivity contribution in [3.8, 4) is 0 Å². The van der Waals surface area contributed by atoms with Crippen LogP contribution in [0.25, 0.3) is 0 Å². The number of ether oxygens (including phenoxy) is 3. The molecule has 0 N–H and O–H groups in total. The maximum atomic E-state index is 12.0. The monoisotopic (exact) mass is 301 g/mol. The average Bonchev–Trinajstić information content (AvgIpc) is 2.45. The Bertz CT molecular complexity index is 347. The highest BCUT2D eigenvalue weighted by atomic mass is 16.6. The zero-order valence-corrected chi connectivity index (χ0v) is 13.5. The number of carbonyl (C=O) groups excluding carboxylic acids is 2. The topological polar surface area (TPSA) is 65.1 Å². The Labute approximate surface area is 126 Å². The number of hydrogen-bond donors (Lipinski definition) is 0. The van der Waals surface area contributed by atoms with Gasteiger partial charge in [0.2, 0.25) is 0 Å². The largest absolute Gasteiger partial charge is 0.462 e. The minimum atomic E-state index is -0.385. The summed E-state index contributed by atoms with van der Waals surface area (Å²) < 4.78 is 15.6. The number of hydrogen-bond acceptors (Lipinski definition) is 5. The van der Waals surface area contributed by atoms with E-state index >= 15 is 0 Å². The third-order valence-electron chi connectivity index (χ3n) is 3.83. The van der Waals surface area contributed by atoms with Gasteiger partial charge in [0.05, 0.1) is 7.11 Å². The molecule has 0 unspecified atom stereocenters. The van der Waals surface area contributed by atoms with Crippen LogP contribution in [0.1, 0.15) is 52.4 Å². The normalized spacial score (nSPS) is 23.5. The van der Waals surface area contributed by atoms with E-state index in [1.54, 1.807) is 12.0 Å². The molecule has 0 saturated carbocycles. The van der Waals surface area contributed by atoms with Crippen molar-refractivity contribution in [1.82, 2.24) is 4.90 Å². The first kappa shape index (κ1) is 17.8. The highest BCUT2D eigenvalue weighted by molar-refractivity contribution is 5.68. The lowest BCUT2D eigenvalue weighted by atomic mass is 9.94. The van der Waals surface area contributed by atoms with E-state index in [0.717, 1.165) is 32.1 Å². The molecule has 0 bridgehead atoms. The molecule has 1 rings (SSSR count). The molecule has 0 spiro atoms. The molecule has 6 heteroatoms. The van der Waals surface area contributed by atoms with Crippen LogP contribution in [0.4, 0.5) is 4.79 Å². The average molecular weight is 301 g/mol. The van der Waals surface area contributed by atoms with Gasteiger partial charge in [-0.2, -0.15) is 0 Å². The smallest absolute Gasteiger partial charge is 0.411 e. The van der Waals surface area contributed by atoms with E-state index in [1.165, 1.54) is 14.0 Å². The van der Waals surface area contributed by atoms with Gasteiger partial charge in [0, 0.05) is 26.5 Å². The zero-order valence-electron chi connectivity index (χ0n) is 13.5. The van der Waals surface area contributed by atoms with Crippen LogP contribution in [0, 0.1) is 0 Å². The zero-order chi connectivity index (χ0) is 15.8. The maximum Gasteiger partial charge on any atom is 0.411 e. The molecular weight excluding hydrogens is 274 g/mol. The molecule has 1 heterocycles.